The highest BCUT2D eigenvalue weighted by atomic mass is 32.1. The van der Waals surface area contributed by atoms with E-state index in [0.29, 0.717) is 24.0 Å². The van der Waals surface area contributed by atoms with Gasteiger partial charge in [-0.1, -0.05) is 6.92 Å². The van der Waals surface area contributed by atoms with Crippen molar-refractivity contribution >= 4 is 17.2 Å². The molecule has 3 aromatic heterocycles. The van der Waals surface area contributed by atoms with Crippen molar-refractivity contribution in [3.05, 3.63) is 47.7 Å². The van der Waals surface area contributed by atoms with E-state index in [0.717, 1.165) is 36.6 Å². The van der Waals surface area contributed by atoms with Gasteiger partial charge in [0.1, 0.15) is 11.5 Å². The molecule has 25 heavy (non-hydrogen) atoms. The summed E-state index contributed by atoms with van der Waals surface area (Å²) >= 11 is 1.44. The minimum Gasteiger partial charge on any atom is -0.462 e. The molecule has 0 bridgehead atoms. The van der Waals surface area contributed by atoms with Gasteiger partial charge in [0.2, 0.25) is 0 Å². The van der Waals surface area contributed by atoms with Crippen molar-refractivity contribution in [2.75, 3.05) is 13.1 Å². The molecule has 130 valence electrons. The summed E-state index contributed by atoms with van der Waals surface area (Å²) in [6.45, 7) is 3.59. The van der Waals surface area contributed by atoms with E-state index in [1.807, 2.05) is 34.8 Å². The van der Waals surface area contributed by atoms with E-state index in [1.54, 1.807) is 6.26 Å². The Kier molecular flexibility index (Phi) is 4.40. The van der Waals surface area contributed by atoms with Gasteiger partial charge in [0.25, 0.3) is 5.91 Å². The zero-order chi connectivity index (χ0) is 17.2. The first-order valence-electron chi connectivity index (χ1n) is 8.56. The first kappa shape index (κ1) is 16.1. The Labute approximate surface area is 150 Å². The van der Waals surface area contributed by atoms with Crippen molar-refractivity contribution in [1.29, 1.82) is 0 Å². The van der Waals surface area contributed by atoms with Crippen molar-refractivity contribution in [2.45, 2.75) is 32.2 Å². The third-order valence-corrected chi connectivity index (χ3v) is 5.45. The first-order valence-corrected chi connectivity index (χ1v) is 9.44. The Balaban J connectivity index is 1.50. The van der Waals surface area contributed by atoms with Crippen molar-refractivity contribution < 1.29 is 9.21 Å². The molecule has 3 aromatic rings. The van der Waals surface area contributed by atoms with Crippen LogP contribution in [0.2, 0.25) is 0 Å². The molecule has 4 rings (SSSR count). The number of carbonyl (C=O) groups excluding carboxylic acids is 1. The highest BCUT2D eigenvalue weighted by Crippen LogP contribution is 2.27. The highest BCUT2D eigenvalue weighted by molar-refractivity contribution is 7.13. The Morgan fingerprint density at radius 2 is 2.40 bits per heavy atom. The van der Waals surface area contributed by atoms with E-state index in [4.69, 9.17) is 4.42 Å². The summed E-state index contributed by atoms with van der Waals surface area (Å²) in [7, 11) is 0. The Morgan fingerprint density at radius 3 is 3.20 bits per heavy atom. The summed E-state index contributed by atoms with van der Waals surface area (Å²) in [6.07, 6.45) is 8.44. The third-order valence-electron chi connectivity index (χ3n) is 4.60. The van der Waals surface area contributed by atoms with Crippen molar-refractivity contribution in [2.24, 2.45) is 0 Å². The van der Waals surface area contributed by atoms with Gasteiger partial charge in [-0.3, -0.25) is 4.79 Å². The largest absolute Gasteiger partial charge is 0.462 e. The molecule has 0 aromatic carbocycles. The number of rotatable bonds is 4. The van der Waals surface area contributed by atoms with Gasteiger partial charge in [0.05, 0.1) is 12.3 Å². The molecule has 0 saturated carbocycles. The zero-order valence-corrected chi connectivity index (χ0v) is 14.9. The average Bonchev–Trinajstić information content (AvgIpc) is 3.41. The summed E-state index contributed by atoms with van der Waals surface area (Å²) in [5.74, 6) is 1.77. The lowest BCUT2D eigenvalue weighted by Gasteiger charge is -2.33. The van der Waals surface area contributed by atoms with Crippen molar-refractivity contribution in [3.63, 3.8) is 0 Å². The molecule has 0 spiro atoms. The number of imidazole rings is 1. The molecule has 1 fully saturated rings. The minimum absolute atomic E-state index is 0.00285. The predicted molar refractivity (Wildman–Crippen MR) is 95.6 cm³/mol. The fourth-order valence-corrected chi connectivity index (χ4v) is 4.12. The van der Waals surface area contributed by atoms with Gasteiger partial charge in [-0.25, -0.2) is 9.97 Å². The molecule has 1 aliphatic rings. The second-order valence-electron chi connectivity index (χ2n) is 6.17. The van der Waals surface area contributed by atoms with E-state index in [2.05, 4.69) is 21.5 Å². The van der Waals surface area contributed by atoms with Crippen LogP contribution in [0, 0.1) is 0 Å². The van der Waals surface area contributed by atoms with Gasteiger partial charge in [-0.05, 0) is 25.0 Å². The molecule has 1 saturated heterocycles. The van der Waals surface area contributed by atoms with Gasteiger partial charge in [-0.15, -0.1) is 11.3 Å². The van der Waals surface area contributed by atoms with Crippen LogP contribution in [-0.4, -0.2) is 38.4 Å². The molecule has 6 nitrogen and oxygen atoms in total. The number of furan rings is 1. The second-order valence-corrected chi connectivity index (χ2v) is 7.02. The van der Waals surface area contributed by atoms with Crippen LogP contribution in [-0.2, 0) is 6.42 Å². The summed E-state index contributed by atoms with van der Waals surface area (Å²) in [5, 5.41) is 2.56. The van der Waals surface area contributed by atoms with Crippen LogP contribution in [0.25, 0.3) is 10.8 Å². The molecular formula is C18H20N4O2S. The normalized spacial score (nSPS) is 17.8. The van der Waals surface area contributed by atoms with Crippen LogP contribution in [0.15, 0.2) is 40.6 Å². The van der Waals surface area contributed by atoms with Gasteiger partial charge in [-0.2, -0.15) is 0 Å². The van der Waals surface area contributed by atoms with Gasteiger partial charge >= 0.3 is 0 Å². The molecule has 0 aliphatic carbocycles. The lowest BCUT2D eigenvalue weighted by Crippen LogP contribution is -2.41. The van der Waals surface area contributed by atoms with Gasteiger partial charge in [0.15, 0.2) is 10.8 Å². The first-order chi connectivity index (χ1) is 12.3. The van der Waals surface area contributed by atoms with Crippen LogP contribution in [0.4, 0.5) is 0 Å². The number of aromatic nitrogens is 3. The van der Waals surface area contributed by atoms with Crippen LogP contribution >= 0.6 is 11.3 Å². The molecule has 1 unspecified atom stereocenters. The summed E-state index contributed by atoms with van der Waals surface area (Å²) < 4.78 is 7.58. The quantitative estimate of drug-likeness (QED) is 0.716. The lowest BCUT2D eigenvalue weighted by atomic mass is 10.0. The van der Waals surface area contributed by atoms with Gasteiger partial charge in [0, 0.05) is 37.3 Å². The number of nitrogens with zero attached hydrogens (tertiary/aromatic N) is 4. The number of piperidine rings is 1. The van der Waals surface area contributed by atoms with Crippen LogP contribution < -0.4 is 0 Å². The van der Waals surface area contributed by atoms with E-state index in [9.17, 15) is 4.79 Å². The maximum atomic E-state index is 12.9. The fourth-order valence-electron chi connectivity index (χ4n) is 3.36. The summed E-state index contributed by atoms with van der Waals surface area (Å²) in [5.41, 5.74) is 0.499. The van der Waals surface area contributed by atoms with Crippen LogP contribution in [0.1, 0.15) is 42.1 Å². The number of aryl methyl sites for hydroxylation is 1. The summed E-state index contributed by atoms with van der Waals surface area (Å²) in [6, 6.07) is 3.97. The predicted octanol–water partition coefficient (Wildman–Crippen LogP) is 3.64. The molecule has 1 aliphatic heterocycles. The minimum atomic E-state index is -0.00285. The topological polar surface area (TPSA) is 64.2 Å². The molecule has 1 atom stereocenters. The van der Waals surface area contributed by atoms with Crippen LogP contribution in [0.5, 0.6) is 0 Å². The number of likely N-dealkylation sites (tertiary alicyclic amines) is 1. The van der Waals surface area contributed by atoms with E-state index in [1.165, 1.54) is 11.3 Å². The average molecular weight is 356 g/mol. The van der Waals surface area contributed by atoms with E-state index < -0.39 is 0 Å². The molecule has 0 N–H and O–H groups in total. The maximum Gasteiger partial charge on any atom is 0.273 e. The monoisotopic (exact) mass is 356 g/mol. The number of carbonyl (C=O) groups is 1. The molecule has 1 amide bonds. The van der Waals surface area contributed by atoms with Crippen LogP contribution in [0.3, 0.4) is 0 Å². The SMILES string of the molecule is CCc1nccn1C1CCCN(C(=O)c2csc(-c3ccco3)n2)C1. The highest BCUT2D eigenvalue weighted by Gasteiger charge is 2.27. The second kappa shape index (κ2) is 6.84. The standard InChI is InChI=1S/C18H20N4O2S/c1-2-16-19-7-9-22(16)13-5-3-8-21(11-13)18(23)14-12-25-17(20-14)15-6-4-10-24-15/h4,6-7,9-10,12-13H,2-3,5,8,11H2,1H3. The number of thiazole rings is 1. The van der Waals surface area contributed by atoms with E-state index in [-0.39, 0.29) is 5.91 Å². The Hall–Kier alpha value is -2.41. The Bertz CT molecular complexity index is 852. The number of amides is 1. The number of hydrogen-bond donors (Lipinski definition) is 0. The lowest BCUT2D eigenvalue weighted by molar-refractivity contribution is 0.0673. The number of hydrogen-bond acceptors (Lipinski definition) is 5. The smallest absolute Gasteiger partial charge is 0.273 e. The van der Waals surface area contributed by atoms with Crippen molar-refractivity contribution in [1.82, 2.24) is 19.4 Å². The van der Waals surface area contributed by atoms with E-state index >= 15 is 0 Å². The maximum absolute atomic E-state index is 12.9. The fraction of sp³-hybridized carbons (Fsp3) is 0.389. The zero-order valence-electron chi connectivity index (χ0n) is 14.1. The molecule has 0 radical (unpaired) electrons. The Morgan fingerprint density at radius 1 is 1.48 bits per heavy atom. The molecule has 4 heterocycles. The summed E-state index contributed by atoms with van der Waals surface area (Å²) in [4.78, 5) is 23.7. The third kappa shape index (κ3) is 3.11. The van der Waals surface area contributed by atoms with Crippen molar-refractivity contribution in [3.8, 4) is 10.8 Å². The molecular weight excluding hydrogens is 336 g/mol. The molecule has 7 heteroatoms. The van der Waals surface area contributed by atoms with Gasteiger partial charge < -0.3 is 13.9 Å².